The minimum atomic E-state index is 0.363. The Morgan fingerprint density at radius 1 is 1.22 bits per heavy atom. The van der Waals surface area contributed by atoms with Crippen LogP contribution in [0.4, 0.5) is 0 Å². The molecular weight excluding hydrogens is 220 g/mol. The first kappa shape index (κ1) is 16.0. The van der Waals surface area contributed by atoms with Gasteiger partial charge in [-0.15, -0.1) is 0 Å². The first-order chi connectivity index (χ1) is 8.37. The third-order valence-electron chi connectivity index (χ3n) is 4.47. The second kappa shape index (κ2) is 6.91. The van der Waals surface area contributed by atoms with E-state index in [9.17, 15) is 0 Å². The molecule has 1 fully saturated rings. The van der Waals surface area contributed by atoms with E-state index in [-0.39, 0.29) is 0 Å². The summed E-state index contributed by atoms with van der Waals surface area (Å²) in [4.78, 5) is 2.75. The molecule has 1 saturated heterocycles. The Bertz CT molecular complexity index is 237. The standard InChI is InChI=1S/C16H34N2/c1-7-16(6)12-17-15(10-14(4)5)11-18(16)9-8-13(2)3/h13-15,17H,7-12H2,1-6H3. The second-order valence-corrected chi connectivity index (χ2v) is 7.19. The Hall–Kier alpha value is -0.0800. The van der Waals surface area contributed by atoms with Crippen molar-refractivity contribution in [1.82, 2.24) is 10.2 Å². The lowest BCUT2D eigenvalue weighted by Gasteiger charge is -2.48. The van der Waals surface area contributed by atoms with Gasteiger partial charge in [-0.25, -0.2) is 0 Å². The normalized spacial score (nSPS) is 30.3. The number of hydrogen-bond donors (Lipinski definition) is 1. The monoisotopic (exact) mass is 254 g/mol. The van der Waals surface area contributed by atoms with Crippen LogP contribution in [0, 0.1) is 11.8 Å². The highest BCUT2D eigenvalue weighted by atomic mass is 15.3. The molecule has 2 nitrogen and oxygen atoms in total. The number of piperazine rings is 1. The van der Waals surface area contributed by atoms with E-state index < -0.39 is 0 Å². The molecule has 0 saturated carbocycles. The Morgan fingerprint density at radius 3 is 2.39 bits per heavy atom. The number of hydrogen-bond acceptors (Lipinski definition) is 2. The van der Waals surface area contributed by atoms with E-state index in [2.05, 4.69) is 51.8 Å². The van der Waals surface area contributed by atoms with Crippen molar-refractivity contribution < 1.29 is 0 Å². The zero-order valence-electron chi connectivity index (χ0n) is 13.4. The molecule has 0 aromatic carbocycles. The van der Waals surface area contributed by atoms with E-state index in [1.165, 1.54) is 32.4 Å². The van der Waals surface area contributed by atoms with Gasteiger partial charge in [0.15, 0.2) is 0 Å². The van der Waals surface area contributed by atoms with E-state index >= 15 is 0 Å². The van der Waals surface area contributed by atoms with Gasteiger partial charge in [0.1, 0.15) is 0 Å². The van der Waals surface area contributed by atoms with Crippen LogP contribution < -0.4 is 5.32 Å². The average Bonchev–Trinajstić information content (AvgIpc) is 2.29. The molecule has 1 aliphatic heterocycles. The SMILES string of the molecule is CCC1(C)CNC(CC(C)C)CN1CCC(C)C. The maximum atomic E-state index is 3.77. The molecule has 0 aliphatic carbocycles. The Morgan fingerprint density at radius 2 is 1.89 bits per heavy atom. The molecule has 108 valence electrons. The molecule has 0 amide bonds. The predicted molar refractivity (Wildman–Crippen MR) is 81.0 cm³/mol. The van der Waals surface area contributed by atoms with Crippen molar-refractivity contribution in [3.05, 3.63) is 0 Å². The smallest absolute Gasteiger partial charge is 0.0303 e. The lowest BCUT2D eigenvalue weighted by atomic mass is 9.89. The van der Waals surface area contributed by atoms with E-state index in [0.29, 0.717) is 11.6 Å². The minimum absolute atomic E-state index is 0.363. The molecule has 0 bridgehead atoms. The molecule has 1 rings (SSSR count). The number of nitrogens with zero attached hydrogens (tertiary/aromatic N) is 1. The molecule has 2 atom stereocenters. The maximum Gasteiger partial charge on any atom is 0.0303 e. The third kappa shape index (κ3) is 4.55. The van der Waals surface area contributed by atoms with Crippen LogP contribution in [0.3, 0.4) is 0 Å². The molecular formula is C16H34N2. The summed E-state index contributed by atoms with van der Waals surface area (Å²) < 4.78 is 0. The summed E-state index contributed by atoms with van der Waals surface area (Å²) in [7, 11) is 0. The molecule has 1 heterocycles. The summed E-state index contributed by atoms with van der Waals surface area (Å²) in [6.45, 7) is 17.7. The molecule has 18 heavy (non-hydrogen) atoms. The summed E-state index contributed by atoms with van der Waals surface area (Å²) in [6.07, 6.45) is 3.87. The van der Waals surface area contributed by atoms with E-state index in [1.54, 1.807) is 0 Å². The molecule has 2 heteroatoms. The topological polar surface area (TPSA) is 15.3 Å². The Balaban J connectivity index is 2.58. The molecule has 1 N–H and O–H groups in total. The summed E-state index contributed by atoms with van der Waals surface area (Å²) in [5.41, 5.74) is 0.363. The van der Waals surface area contributed by atoms with Gasteiger partial charge < -0.3 is 5.32 Å². The lowest BCUT2D eigenvalue weighted by molar-refractivity contribution is 0.0406. The van der Waals surface area contributed by atoms with Crippen LogP contribution in [-0.4, -0.2) is 36.1 Å². The number of rotatable bonds is 6. The minimum Gasteiger partial charge on any atom is -0.311 e. The highest BCUT2D eigenvalue weighted by Gasteiger charge is 2.35. The molecule has 2 unspecified atom stereocenters. The molecule has 0 aromatic rings. The fourth-order valence-electron chi connectivity index (χ4n) is 2.88. The van der Waals surface area contributed by atoms with Gasteiger partial charge in [0.05, 0.1) is 0 Å². The fourth-order valence-corrected chi connectivity index (χ4v) is 2.88. The quantitative estimate of drug-likeness (QED) is 0.780. The summed E-state index contributed by atoms with van der Waals surface area (Å²) in [5, 5.41) is 3.77. The van der Waals surface area contributed by atoms with Crippen LogP contribution in [0.1, 0.15) is 60.8 Å². The van der Waals surface area contributed by atoms with Crippen molar-refractivity contribution in [3.8, 4) is 0 Å². The molecule has 0 radical (unpaired) electrons. The van der Waals surface area contributed by atoms with Crippen LogP contribution in [-0.2, 0) is 0 Å². The van der Waals surface area contributed by atoms with Crippen LogP contribution >= 0.6 is 0 Å². The third-order valence-corrected chi connectivity index (χ3v) is 4.47. The van der Waals surface area contributed by atoms with Gasteiger partial charge in [0, 0.05) is 24.7 Å². The number of nitrogens with one attached hydrogen (secondary N) is 1. The average molecular weight is 254 g/mol. The van der Waals surface area contributed by atoms with Gasteiger partial charge in [-0.3, -0.25) is 4.90 Å². The van der Waals surface area contributed by atoms with Gasteiger partial charge in [-0.05, 0) is 44.6 Å². The first-order valence-electron chi connectivity index (χ1n) is 7.85. The van der Waals surface area contributed by atoms with Crippen molar-refractivity contribution in [2.75, 3.05) is 19.6 Å². The zero-order chi connectivity index (χ0) is 13.8. The molecule has 0 aromatic heterocycles. The van der Waals surface area contributed by atoms with Gasteiger partial charge in [0.2, 0.25) is 0 Å². The van der Waals surface area contributed by atoms with E-state index in [0.717, 1.165) is 18.4 Å². The van der Waals surface area contributed by atoms with Crippen LogP contribution in [0.5, 0.6) is 0 Å². The van der Waals surface area contributed by atoms with Crippen LogP contribution in [0.2, 0.25) is 0 Å². The fraction of sp³-hybridized carbons (Fsp3) is 1.00. The lowest BCUT2D eigenvalue weighted by Crippen LogP contribution is -2.63. The van der Waals surface area contributed by atoms with Crippen molar-refractivity contribution in [3.63, 3.8) is 0 Å². The van der Waals surface area contributed by atoms with Crippen molar-refractivity contribution in [2.24, 2.45) is 11.8 Å². The summed E-state index contributed by atoms with van der Waals surface area (Å²) in [6, 6.07) is 0.691. The Kier molecular flexibility index (Phi) is 6.13. The second-order valence-electron chi connectivity index (χ2n) is 7.19. The largest absolute Gasteiger partial charge is 0.311 e. The van der Waals surface area contributed by atoms with Gasteiger partial charge in [0.25, 0.3) is 0 Å². The highest BCUT2D eigenvalue weighted by Crippen LogP contribution is 2.25. The van der Waals surface area contributed by atoms with E-state index in [4.69, 9.17) is 0 Å². The molecule has 0 spiro atoms. The zero-order valence-corrected chi connectivity index (χ0v) is 13.4. The summed E-state index contributed by atoms with van der Waals surface area (Å²) in [5.74, 6) is 1.60. The van der Waals surface area contributed by atoms with Gasteiger partial charge in [-0.1, -0.05) is 34.6 Å². The van der Waals surface area contributed by atoms with E-state index in [1.807, 2.05) is 0 Å². The highest BCUT2D eigenvalue weighted by molar-refractivity contribution is 4.95. The first-order valence-corrected chi connectivity index (χ1v) is 7.85. The van der Waals surface area contributed by atoms with Crippen molar-refractivity contribution in [1.29, 1.82) is 0 Å². The van der Waals surface area contributed by atoms with Gasteiger partial charge in [-0.2, -0.15) is 0 Å². The Labute approximate surface area is 115 Å². The van der Waals surface area contributed by atoms with Crippen LogP contribution in [0.15, 0.2) is 0 Å². The maximum absolute atomic E-state index is 3.77. The van der Waals surface area contributed by atoms with Crippen molar-refractivity contribution in [2.45, 2.75) is 72.4 Å². The van der Waals surface area contributed by atoms with Crippen LogP contribution in [0.25, 0.3) is 0 Å². The predicted octanol–water partition coefficient (Wildman–Crippen LogP) is 3.52. The van der Waals surface area contributed by atoms with Gasteiger partial charge >= 0.3 is 0 Å². The summed E-state index contributed by atoms with van der Waals surface area (Å²) >= 11 is 0. The van der Waals surface area contributed by atoms with Crippen molar-refractivity contribution >= 4 is 0 Å². The molecule has 1 aliphatic rings.